The Morgan fingerprint density at radius 1 is 1.41 bits per heavy atom. The van der Waals surface area contributed by atoms with Gasteiger partial charge in [0, 0.05) is 23.4 Å². The van der Waals surface area contributed by atoms with Crippen molar-refractivity contribution in [2.45, 2.75) is 13.3 Å². The van der Waals surface area contributed by atoms with Gasteiger partial charge in [0.2, 0.25) is 5.91 Å². The molecule has 0 aliphatic rings. The van der Waals surface area contributed by atoms with Crippen molar-refractivity contribution >= 4 is 34.1 Å². The lowest BCUT2D eigenvalue weighted by Gasteiger charge is -2.08. The number of hydrogen-bond donors (Lipinski definition) is 1. The number of fused-ring (bicyclic) bond motifs is 1. The standard InChI is InChI=1S/C13H13ClN2O/c1-9-8-12(16-13(17)6-7-14)10-4-2-3-5-11(10)15-9/h2-5,8H,6-7H2,1H3,(H,15,16,17). The molecule has 1 amide bonds. The van der Waals surface area contributed by atoms with Gasteiger partial charge in [-0.25, -0.2) is 0 Å². The quantitative estimate of drug-likeness (QED) is 0.848. The Morgan fingerprint density at radius 2 is 2.18 bits per heavy atom. The first kappa shape index (κ1) is 11.9. The summed E-state index contributed by atoms with van der Waals surface area (Å²) in [5, 5.41) is 3.81. The third-order valence-corrected chi connectivity index (χ3v) is 2.63. The molecule has 0 aliphatic carbocycles. The Bertz CT molecular complexity index is 554. The maximum atomic E-state index is 11.6. The van der Waals surface area contributed by atoms with Crippen LogP contribution in [-0.4, -0.2) is 16.8 Å². The summed E-state index contributed by atoms with van der Waals surface area (Å²) in [6.45, 7) is 1.91. The number of alkyl halides is 1. The van der Waals surface area contributed by atoms with Gasteiger partial charge < -0.3 is 5.32 Å². The van der Waals surface area contributed by atoms with Crippen LogP contribution in [0.15, 0.2) is 30.3 Å². The van der Waals surface area contributed by atoms with E-state index in [-0.39, 0.29) is 5.91 Å². The molecule has 1 aromatic carbocycles. The Hall–Kier alpha value is -1.61. The number of aromatic nitrogens is 1. The van der Waals surface area contributed by atoms with E-state index >= 15 is 0 Å². The number of para-hydroxylation sites is 1. The summed E-state index contributed by atoms with van der Waals surface area (Å²) in [5.41, 5.74) is 2.56. The van der Waals surface area contributed by atoms with E-state index in [1.165, 1.54) is 0 Å². The van der Waals surface area contributed by atoms with Crippen LogP contribution in [0.1, 0.15) is 12.1 Å². The molecule has 1 aromatic heterocycles. The molecule has 2 rings (SSSR count). The van der Waals surface area contributed by atoms with Gasteiger partial charge in [-0.3, -0.25) is 9.78 Å². The maximum Gasteiger partial charge on any atom is 0.225 e. The molecule has 0 saturated carbocycles. The number of halogens is 1. The Balaban J connectivity index is 2.42. The van der Waals surface area contributed by atoms with Crippen molar-refractivity contribution in [2.75, 3.05) is 11.2 Å². The Morgan fingerprint density at radius 3 is 2.94 bits per heavy atom. The maximum absolute atomic E-state index is 11.6. The number of hydrogen-bond acceptors (Lipinski definition) is 2. The molecule has 0 aliphatic heterocycles. The molecule has 0 unspecified atom stereocenters. The van der Waals surface area contributed by atoms with Gasteiger partial charge >= 0.3 is 0 Å². The fraction of sp³-hybridized carbons (Fsp3) is 0.231. The number of aryl methyl sites for hydroxylation is 1. The average molecular weight is 249 g/mol. The van der Waals surface area contributed by atoms with Crippen molar-refractivity contribution in [3.05, 3.63) is 36.0 Å². The highest BCUT2D eigenvalue weighted by atomic mass is 35.5. The van der Waals surface area contributed by atoms with Crippen LogP contribution in [0.25, 0.3) is 10.9 Å². The van der Waals surface area contributed by atoms with E-state index in [2.05, 4.69) is 10.3 Å². The lowest BCUT2D eigenvalue weighted by Crippen LogP contribution is -2.12. The minimum atomic E-state index is -0.0734. The van der Waals surface area contributed by atoms with Gasteiger partial charge in [0.1, 0.15) is 0 Å². The molecule has 3 nitrogen and oxygen atoms in total. The highest BCUT2D eigenvalue weighted by Crippen LogP contribution is 2.22. The van der Waals surface area contributed by atoms with E-state index < -0.39 is 0 Å². The van der Waals surface area contributed by atoms with E-state index in [1.807, 2.05) is 37.3 Å². The number of rotatable bonds is 3. The zero-order valence-electron chi connectivity index (χ0n) is 9.53. The molecule has 0 spiro atoms. The fourth-order valence-electron chi connectivity index (χ4n) is 1.71. The largest absolute Gasteiger partial charge is 0.325 e. The van der Waals surface area contributed by atoms with Gasteiger partial charge in [-0.05, 0) is 19.1 Å². The topological polar surface area (TPSA) is 42.0 Å². The van der Waals surface area contributed by atoms with E-state index in [0.29, 0.717) is 12.3 Å². The van der Waals surface area contributed by atoms with Crippen molar-refractivity contribution in [3.63, 3.8) is 0 Å². The van der Waals surface area contributed by atoms with Crippen molar-refractivity contribution < 1.29 is 4.79 Å². The van der Waals surface area contributed by atoms with Gasteiger partial charge in [-0.1, -0.05) is 18.2 Å². The predicted octanol–water partition coefficient (Wildman–Crippen LogP) is 3.11. The second kappa shape index (κ2) is 5.15. The van der Waals surface area contributed by atoms with Gasteiger partial charge in [0.15, 0.2) is 0 Å². The average Bonchev–Trinajstić information content (AvgIpc) is 2.29. The number of carbonyl (C=O) groups is 1. The zero-order valence-corrected chi connectivity index (χ0v) is 10.3. The number of pyridine rings is 1. The molecule has 4 heteroatoms. The summed E-state index contributed by atoms with van der Waals surface area (Å²) in [6, 6.07) is 9.60. The third kappa shape index (κ3) is 2.74. The van der Waals surface area contributed by atoms with Crippen LogP contribution < -0.4 is 5.32 Å². The zero-order chi connectivity index (χ0) is 12.3. The Labute approximate surface area is 105 Å². The normalized spacial score (nSPS) is 10.5. The van der Waals surface area contributed by atoms with Gasteiger partial charge in [0.05, 0.1) is 11.2 Å². The lowest BCUT2D eigenvalue weighted by atomic mass is 10.1. The van der Waals surface area contributed by atoms with Crippen LogP contribution in [0.2, 0.25) is 0 Å². The van der Waals surface area contributed by atoms with Crippen LogP contribution in [0, 0.1) is 6.92 Å². The minimum absolute atomic E-state index is 0.0734. The number of nitrogens with zero attached hydrogens (tertiary/aromatic N) is 1. The molecule has 0 atom stereocenters. The molecule has 1 N–H and O–H groups in total. The predicted molar refractivity (Wildman–Crippen MR) is 70.4 cm³/mol. The summed E-state index contributed by atoms with van der Waals surface area (Å²) in [4.78, 5) is 16.0. The monoisotopic (exact) mass is 248 g/mol. The summed E-state index contributed by atoms with van der Waals surface area (Å²) >= 11 is 5.54. The molecule has 17 heavy (non-hydrogen) atoms. The van der Waals surface area contributed by atoms with Crippen molar-refractivity contribution in [2.24, 2.45) is 0 Å². The van der Waals surface area contributed by atoms with Crippen molar-refractivity contribution in [3.8, 4) is 0 Å². The van der Waals surface area contributed by atoms with Crippen LogP contribution in [-0.2, 0) is 4.79 Å². The third-order valence-electron chi connectivity index (χ3n) is 2.44. The van der Waals surface area contributed by atoms with Crippen LogP contribution >= 0.6 is 11.6 Å². The summed E-state index contributed by atoms with van der Waals surface area (Å²) in [5.74, 6) is 0.254. The first-order valence-electron chi connectivity index (χ1n) is 5.43. The smallest absolute Gasteiger partial charge is 0.225 e. The van der Waals surface area contributed by atoms with Gasteiger partial charge in [0.25, 0.3) is 0 Å². The van der Waals surface area contributed by atoms with Gasteiger partial charge in [-0.15, -0.1) is 11.6 Å². The molecule has 1 heterocycles. The number of anilines is 1. The lowest BCUT2D eigenvalue weighted by molar-refractivity contribution is -0.115. The molecule has 88 valence electrons. The first-order valence-corrected chi connectivity index (χ1v) is 5.96. The summed E-state index contributed by atoms with van der Waals surface area (Å²) < 4.78 is 0. The summed E-state index contributed by atoms with van der Waals surface area (Å²) in [7, 11) is 0. The number of nitrogens with one attached hydrogen (secondary N) is 1. The van der Waals surface area contributed by atoms with Crippen molar-refractivity contribution in [1.82, 2.24) is 4.98 Å². The second-order valence-electron chi connectivity index (χ2n) is 3.82. The van der Waals surface area contributed by atoms with Crippen LogP contribution in [0.5, 0.6) is 0 Å². The molecule has 0 saturated heterocycles. The van der Waals surface area contributed by atoms with Crippen molar-refractivity contribution in [1.29, 1.82) is 0 Å². The highest BCUT2D eigenvalue weighted by molar-refractivity contribution is 6.19. The fourth-order valence-corrected chi connectivity index (χ4v) is 1.88. The van der Waals surface area contributed by atoms with E-state index in [9.17, 15) is 4.79 Å². The first-order chi connectivity index (χ1) is 8.20. The highest BCUT2D eigenvalue weighted by Gasteiger charge is 2.06. The number of carbonyl (C=O) groups excluding carboxylic acids is 1. The molecular weight excluding hydrogens is 236 g/mol. The second-order valence-corrected chi connectivity index (χ2v) is 4.19. The van der Waals surface area contributed by atoms with E-state index in [1.54, 1.807) is 0 Å². The van der Waals surface area contributed by atoms with E-state index in [4.69, 9.17) is 11.6 Å². The molecule has 0 bridgehead atoms. The Kier molecular flexibility index (Phi) is 3.59. The minimum Gasteiger partial charge on any atom is -0.325 e. The molecule has 0 radical (unpaired) electrons. The van der Waals surface area contributed by atoms with E-state index in [0.717, 1.165) is 22.3 Å². The molecule has 0 fully saturated rings. The SMILES string of the molecule is Cc1cc(NC(=O)CCCl)c2ccccc2n1. The number of amides is 1. The van der Waals surface area contributed by atoms with Crippen LogP contribution in [0.3, 0.4) is 0 Å². The molecule has 2 aromatic rings. The van der Waals surface area contributed by atoms with Gasteiger partial charge in [-0.2, -0.15) is 0 Å². The van der Waals surface area contributed by atoms with Crippen LogP contribution in [0.4, 0.5) is 5.69 Å². The molecular formula is C13H13ClN2O. The number of benzene rings is 1. The summed E-state index contributed by atoms with van der Waals surface area (Å²) in [6.07, 6.45) is 0.317.